The monoisotopic (exact) mass is 245 g/mol. The number of benzene rings is 1. The van der Waals surface area contributed by atoms with Gasteiger partial charge >= 0.3 is 0 Å². The first-order valence-electron chi connectivity index (χ1n) is 5.79. The molecule has 0 aliphatic heterocycles. The largest absolute Gasteiger partial charge is 0.301 e. The van der Waals surface area contributed by atoms with Crippen molar-refractivity contribution in [2.45, 2.75) is 6.92 Å². The maximum atomic E-state index is 11.3. The van der Waals surface area contributed by atoms with Crippen LogP contribution in [-0.4, -0.2) is 37.2 Å². The van der Waals surface area contributed by atoms with Crippen molar-refractivity contribution in [3.05, 3.63) is 42.0 Å². The molecule has 0 saturated carbocycles. The Morgan fingerprint density at radius 3 is 2.61 bits per heavy atom. The van der Waals surface area contributed by atoms with Crippen molar-refractivity contribution < 1.29 is 4.79 Å². The smallest absolute Gasteiger partial charge is 0.254 e. The molecule has 0 saturated heterocycles. The lowest BCUT2D eigenvalue weighted by Crippen LogP contribution is -2.30. The minimum absolute atomic E-state index is 0.118. The highest BCUT2D eigenvalue weighted by Crippen LogP contribution is 2.00. The first-order valence-corrected chi connectivity index (χ1v) is 5.79. The second-order valence-corrected chi connectivity index (χ2v) is 4.27. The fourth-order valence-corrected chi connectivity index (χ4v) is 1.29. The van der Waals surface area contributed by atoms with Gasteiger partial charge in [0, 0.05) is 0 Å². The van der Waals surface area contributed by atoms with Crippen LogP contribution in [0.3, 0.4) is 0 Å². The minimum Gasteiger partial charge on any atom is -0.301 e. The molecule has 0 radical (unpaired) electrons. The van der Waals surface area contributed by atoms with E-state index in [1.54, 1.807) is 4.90 Å². The van der Waals surface area contributed by atoms with Gasteiger partial charge in [0.05, 0.1) is 12.3 Å². The van der Waals surface area contributed by atoms with Crippen molar-refractivity contribution in [1.29, 1.82) is 0 Å². The molecule has 0 aliphatic rings. The molecule has 96 valence electrons. The summed E-state index contributed by atoms with van der Waals surface area (Å²) in [6.07, 6.45) is 3.82. The number of allylic oxidation sites excluding steroid dienone is 1. The van der Waals surface area contributed by atoms with Gasteiger partial charge in [0.25, 0.3) is 5.91 Å². The molecule has 0 bridgehead atoms. The molecule has 0 fully saturated rings. The Morgan fingerprint density at radius 1 is 1.33 bits per heavy atom. The lowest BCUT2D eigenvalue weighted by molar-refractivity contribution is -0.121. The highest BCUT2D eigenvalue weighted by molar-refractivity contribution is 5.97. The summed E-state index contributed by atoms with van der Waals surface area (Å²) in [6, 6.07) is 9.94. The van der Waals surface area contributed by atoms with Gasteiger partial charge in [0.1, 0.15) is 0 Å². The van der Waals surface area contributed by atoms with Gasteiger partial charge in [-0.15, -0.1) is 0 Å². The molecule has 18 heavy (non-hydrogen) atoms. The number of likely N-dealkylation sites (N-methyl/N-ethyl adjacent to an activating group) is 1. The van der Waals surface area contributed by atoms with E-state index in [4.69, 9.17) is 0 Å². The predicted molar refractivity (Wildman–Crippen MR) is 75.3 cm³/mol. The fourth-order valence-electron chi connectivity index (χ4n) is 1.29. The molecule has 0 atom stereocenters. The van der Waals surface area contributed by atoms with Gasteiger partial charge in [-0.3, -0.25) is 4.79 Å². The van der Waals surface area contributed by atoms with E-state index in [0.29, 0.717) is 6.54 Å². The van der Waals surface area contributed by atoms with Crippen LogP contribution in [0.2, 0.25) is 0 Å². The van der Waals surface area contributed by atoms with Crippen LogP contribution in [0, 0.1) is 0 Å². The van der Waals surface area contributed by atoms with Gasteiger partial charge in [-0.05, 0) is 32.7 Å². The molecule has 1 rings (SSSR count). The third-order valence-electron chi connectivity index (χ3n) is 2.13. The second-order valence-electron chi connectivity index (χ2n) is 4.27. The molecule has 1 amide bonds. The maximum absolute atomic E-state index is 11.3. The summed E-state index contributed by atoms with van der Waals surface area (Å²) in [6.45, 7) is 2.18. The van der Waals surface area contributed by atoms with Gasteiger partial charge in [-0.25, -0.2) is 5.43 Å². The van der Waals surface area contributed by atoms with E-state index in [-0.39, 0.29) is 5.91 Å². The average Bonchev–Trinajstić information content (AvgIpc) is 2.34. The Morgan fingerprint density at radius 2 is 2.00 bits per heavy atom. The van der Waals surface area contributed by atoms with Crippen LogP contribution >= 0.6 is 0 Å². The number of carbonyl (C=O) groups is 1. The number of rotatable bonds is 5. The molecule has 1 N–H and O–H groups in total. The number of carbonyl (C=O) groups excluding carboxylic acids is 1. The number of hydrogen-bond donors (Lipinski definition) is 1. The molecule has 0 aromatic heterocycles. The standard InChI is InChI=1S/C14H19N3O/c1-12(15-16-14(18)11-17(2)3)9-10-13-7-5-4-6-8-13/h4-10H,11H2,1-3H3,(H,16,18)/b10-9+,15-12-. The molecule has 4 nitrogen and oxygen atoms in total. The van der Waals surface area contributed by atoms with Crippen molar-refractivity contribution in [2.75, 3.05) is 20.6 Å². The van der Waals surface area contributed by atoms with Crippen molar-refractivity contribution >= 4 is 17.7 Å². The molecular formula is C14H19N3O. The summed E-state index contributed by atoms with van der Waals surface area (Å²) in [5.74, 6) is -0.118. The van der Waals surface area contributed by atoms with Gasteiger partial charge in [-0.2, -0.15) is 5.10 Å². The van der Waals surface area contributed by atoms with E-state index in [0.717, 1.165) is 11.3 Å². The summed E-state index contributed by atoms with van der Waals surface area (Å²) in [7, 11) is 3.68. The van der Waals surface area contributed by atoms with Crippen molar-refractivity contribution in [1.82, 2.24) is 10.3 Å². The second kappa shape index (κ2) is 7.40. The van der Waals surface area contributed by atoms with Crippen molar-refractivity contribution in [3.8, 4) is 0 Å². The van der Waals surface area contributed by atoms with Crippen LogP contribution < -0.4 is 5.43 Å². The summed E-state index contributed by atoms with van der Waals surface area (Å²) >= 11 is 0. The molecule has 0 aliphatic carbocycles. The molecule has 1 aromatic rings. The normalized spacial score (nSPS) is 12.1. The van der Waals surface area contributed by atoms with E-state index in [1.807, 2.05) is 63.5 Å². The van der Waals surface area contributed by atoms with Gasteiger partial charge in [-0.1, -0.05) is 36.4 Å². The maximum Gasteiger partial charge on any atom is 0.254 e. The van der Waals surface area contributed by atoms with E-state index < -0.39 is 0 Å². The highest BCUT2D eigenvalue weighted by atomic mass is 16.2. The first-order chi connectivity index (χ1) is 8.58. The Bertz CT molecular complexity index is 436. The van der Waals surface area contributed by atoms with Crippen LogP contribution in [-0.2, 0) is 4.79 Å². The fraction of sp³-hybridized carbons (Fsp3) is 0.286. The Kier molecular flexibility index (Phi) is 5.80. The SMILES string of the molecule is CC(/C=C/c1ccccc1)=N/NC(=O)CN(C)C. The molecule has 0 unspecified atom stereocenters. The number of hydrazone groups is 1. The zero-order valence-electron chi connectivity index (χ0n) is 11.1. The molecule has 1 aromatic carbocycles. The summed E-state index contributed by atoms with van der Waals surface area (Å²) in [5, 5.41) is 4.00. The Balaban J connectivity index is 2.47. The molecular weight excluding hydrogens is 226 g/mol. The van der Waals surface area contributed by atoms with Gasteiger partial charge in [0.15, 0.2) is 0 Å². The van der Waals surface area contributed by atoms with Crippen LogP contribution in [0.15, 0.2) is 41.5 Å². The minimum atomic E-state index is -0.118. The lowest BCUT2D eigenvalue weighted by Gasteiger charge is -2.07. The van der Waals surface area contributed by atoms with Crippen LogP contribution in [0.5, 0.6) is 0 Å². The summed E-state index contributed by atoms with van der Waals surface area (Å²) < 4.78 is 0. The molecule has 0 spiro atoms. The Labute approximate surface area is 108 Å². The zero-order valence-corrected chi connectivity index (χ0v) is 11.1. The summed E-state index contributed by atoms with van der Waals surface area (Å²) in [5.41, 5.74) is 4.37. The topological polar surface area (TPSA) is 44.7 Å². The van der Waals surface area contributed by atoms with E-state index >= 15 is 0 Å². The van der Waals surface area contributed by atoms with Crippen LogP contribution in [0.1, 0.15) is 12.5 Å². The van der Waals surface area contributed by atoms with E-state index in [2.05, 4.69) is 10.5 Å². The lowest BCUT2D eigenvalue weighted by atomic mass is 10.2. The zero-order chi connectivity index (χ0) is 13.4. The van der Waals surface area contributed by atoms with Gasteiger partial charge in [0.2, 0.25) is 0 Å². The van der Waals surface area contributed by atoms with Crippen molar-refractivity contribution in [2.24, 2.45) is 5.10 Å². The van der Waals surface area contributed by atoms with Crippen LogP contribution in [0.4, 0.5) is 0 Å². The Hall–Kier alpha value is -1.94. The number of nitrogens with one attached hydrogen (secondary N) is 1. The van der Waals surface area contributed by atoms with Crippen molar-refractivity contribution in [3.63, 3.8) is 0 Å². The van der Waals surface area contributed by atoms with Gasteiger partial charge < -0.3 is 4.90 Å². The summed E-state index contributed by atoms with van der Waals surface area (Å²) in [4.78, 5) is 13.1. The highest BCUT2D eigenvalue weighted by Gasteiger charge is 2.00. The number of nitrogens with zero attached hydrogens (tertiary/aromatic N) is 2. The number of amides is 1. The third kappa shape index (κ3) is 5.96. The van der Waals surface area contributed by atoms with E-state index in [1.165, 1.54) is 0 Å². The quantitative estimate of drug-likeness (QED) is 0.634. The molecule has 4 heteroatoms. The van der Waals surface area contributed by atoms with E-state index in [9.17, 15) is 4.79 Å². The average molecular weight is 245 g/mol. The third-order valence-corrected chi connectivity index (χ3v) is 2.13. The number of hydrogen-bond acceptors (Lipinski definition) is 3. The first kappa shape index (κ1) is 14.1. The predicted octanol–water partition coefficient (Wildman–Crippen LogP) is 1.75. The van der Waals surface area contributed by atoms with Crippen LogP contribution in [0.25, 0.3) is 6.08 Å². The molecule has 0 heterocycles.